The van der Waals surface area contributed by atoms with Gasteiger partial charge in [-0.05, 0) is 40.0 Å². The fourth-order valence-corrected chi connectivity index (χ4v) is 2.74. The van der Waals surface area contributed by atoms with E-state index >= 15 is 0 Å². The number of halogens is 1. The van der Waals surface area contributed by atoms with E-state index in [0.29, 0.717) is 15.3 Å². The molecule has 1 N–H and O–H groups in total. The number of carbonyl (C=O) groups is 1. The lowest BCUT2D eigenvalue weighted by atomic mass is 10.1. The number of nitrogens with zero attached hydrogens (tertiary/aromatic N) is 1. The molecule has 0 aliphatic heterocycles. The summed E-state index contributed by atoms with van der Waals surface area (Å²) in [6, 6.07) is 7.82. The number of hydrogen-bond donors (Lipinski definition) is 1. The number of benzene rings is 1. The van der Waals surface area contributed by atoms with Crippen molar-refractivity contribution in [1.82, 2.24) is 10.3 Å². The van der Waals surface area contributed by atoms with Gasteiger partial charge in [-0.25, -0.2) is 4.98 Å². The molecule has 0 radical (unpaired) electrons. The Labute approximate surface area is 124 Å². The summed E-state index contributed by atoms with van der Waals surface area (Å²) in [5.74, 6) is 0.749. The third-order valence-corrected chi connectivity index (χ3v) is 4.03. The van der Waals surface area contributed by atoms with Crippen LogP contribution in [0.3, 0.4) is 0 Å². The van der Waals surface area contributed by atoms with Crippen molar-refractivity contribution in [2.45, 2.75) is 6.42 Å². The van der Waals surface area contributed by atoms with Gasteiger partial charge in [0.2, 0.25) is 0 Å². The van der Waals surface area contributed by atoms with Gasteiger partial charge < -0.3 is 10.1 Å². The molecule has 6 heteroatoms. The molecule has 2 aromatic rings. The summed E-state index contributed by atoms with van der Waals surface area (Å²) in [6.07, 6.45) is 2.35. The first-order chi connectivity index (χ1) is 9.19. The molecule has 0 aliphatic rings. The standard InChI is InChI=1S/C13H13BrN2O2S/c1-18-10-4-2-9(3-5-10)6-7-15-12(17)11-8-16-13(14)19-11/h2-5,8H,6-7H2,1H3,(H,15,17). The highest BCUT2D eigenvalue weighted by molar-refractivity contribution is 9.11. The van der Waals surface area contributed by atoms with Gasteiger partial charge in [-0.15, -0.1) is 11.3 Å². The molecule has 0 atom stereocenters. The molecular weight excluding hydrogens is 328 g/mol. The van der Waals surface area contributed by atoms with Crippen LogP contribution in [0.5, 0.6) is 5.75 Å². The van der Waals surface area contributed by atoms with Crippen LogP contribution in [0.15, 0.2) is 34.4 Å². The Bertz CT molecular complexity index is 554. The molecule has 0 spiro atoms. The summed E-state index contributed by atoms with van der Waals surface area (Å²) in [5, 5.41) is 2.87. The molecule has 0 unspecified atom stereocenters. The summed E-state index contributed by atoms with van der Waals surface area (Å²) in [5.41, 5.74) is 1.16. The summed E-state index contributed by atoms with van der Waals surface area (Å²) >= 11 is 4.56. The fourth-order valence-electron chi connectivity index (χ4n) is 1.56. The molecule has 0 saturated heterocycles. The van der Waals surface area contributed by atoms with Gasteiger partial charge in [0, 0.05) is 6.54 Å². The molecule has 2 rings (SSSR count). The smallest absolute Gasteiger partial charge is 0.263 e. The van der Waals surface area contributed by atoms with Crippen LogP contribution in [-0.4, -0.2) is 24.5 Å². The minimum Gasteiger partial charge on any atom is -0.497 e. The van der Waals surface area contributed by atoms with Crippen molar-refractivity contribution in [2.24, 2.45) is 0 Å². The Morgan fingerprint density at radius 3 is 2.74 bits per heavy atom. The van der Waals surface area contributed by atoms with Crippen molar-refractivity contribution in [1.29, 1.82) is 0 Å². The Hall–Kier alpha value is -1.40. The topological polar surface area (TPSA) is 51.2 Å². The van der Waals surface area contributed by atoms with E-state index in [0.717, 1.165) is 17.7 Å². The number of ether oxygens (including phenoxy) is 1. The largest absolute Gasteiger partial charge is 0.497 e. The highest BCUT2D eigenvalue weighted by Gasteiger charge is 2.08. The van der Waals surface area contributed by atoms with E-state index in [1.165, 1.54) is 11.3 Å². The Morgan fingerprint density at radius 1 is 1.42 bits per heavy atom. The first-order valence-corrected chi connectivity index (χ1v) is 7.32. The molecule has 1 aromatic carbocycles. The lowest BCUT2D eigenvalue weighted by Crippen LogP contribution is -2.24. The SMILES string of the molecule is COc1ccc(CCNC(=O)c2cnc(Br)s2)cc1. The van der Waals surface area contributed by atoms with Crippen molar-refractivity contribution >= 4 is 33.2 Å². The van der Waals surface area contributed by atoms with Gasteiger partial charge in [0.1, 0.15) is 10.6 Å². The first-order valence-electron chi connectivity index (χ1n) is 5.71. The number of rotatable bonds is 5. The summed E-state index contributed by atoms with van der Waals surface area (Å²) in [7, 11) is 1.64. The zero-order valence-electron chi connectivity index (χ0n) is 10.4. The fraction of sp³-hybridized carbons (Fsp3) is 0.231. The summed E-state index contributed by atoms with van der Waals surface area (Å²) in [4.78, 5) is 16.4. The number of aromatic nitrogens is 1. The van der Waals surface area contributed by atoms with E-state index in [4.69, 9.17) is 4.74 Å². The zero-order valence-corrected chi connectivity index (χ0v) is 12.8. The van der Waals surface area contributed by atoms with Crippen LogP contribution in [0.4, 0.5) is 0 Å². The minimum atomic E-state index is -0.0864. The Kier molecular flexibility index (Phi) is 4.93. The third kappa shape index (κ3) is 4.04. The molecular formula is C13H13BrN2O2S. The molecule has 1 amide bonds. The third-order valence-electron chi connectivity index (χ3n) is 2.56. The van der Waals surface area contributed by atoms with Crippen LogP contribution >= 0.6 is 27.3 Å². The van der Waals surface area contributed by atoms with Crippen LogP contribution in [0.2, 0.25) is 0 Å². The lowest BCUT2D eigenvalue weighted by Gasteiger charge is -2.05. The van der Waals surface area contributed by atoms with E-state index in [1.54, 1.807) is 13.3 Å². The van der Waals surface area contributed by atoms with E-state index in [9.17, 15) is 4.79 Å². The summed E-state index contributed by atoms with van der Waals surface area (Å²) < 4.78 is 5.81. The van der Waals surface area contributed by atoms with Gasteiger partial charge in [-0.2, -0.15) is 0 Å². The normalized spacial score (nSPS) is 10.2. The Balaban J connectivity index is 1.81. The first kappa shape index (κ1) is 14.0. The van der Waals surface area contributed by atoms with Crippen molar-refractivity contribution in [3.8, 4) is 5.75 Å². The van der Waals surface area contributed by atoms with E-state index in [-0.39, 0.29) is 5.91 Å². The number of nitrogens with one attached hydrogen (secondary N) is 1. The van der Waals surface area contributed by atoms with Crippen LogP contribution < -0.4 is 10.1 Å². The predicted molar refractivity (Wildman–Crippen MR) is 78.8 cm³/mol. The number of amides is 1. The van der Waals surface area contributed by atoms with Gasteiger partial charge in [0.05, 0.1) is 13.3 Å². The van der Waals surface area contributed by atoms with Crippen LogP contribution in [0, 0.1) is 0 Å². The van der Waals surface area contributed by atoms with E-state index in [1.807, 2.05) is 24.3 Å². The molecule has 0 saturated carbocycles. The van der Waals surface area contributed by atoms with Crippen LogP contribution in [0.1, 0.15) is 15.2 Å². The molecule has 4 nitrogen and oxygen atoms in total. The van der Waals surface area contributed by atoms with Gasteiger partial charge in [-0.3, -0.25) is 4.79 Å². The zero-order chi connectivity index (χ0) is 13.7. The highest BCUT2D eigenvalue weighted by Crippen LogP contribution is 2.18. The number of thiazole rings is 1. The molecule has 1 aromatic heterocycles. The molecule has 1 heterocycles. The van der Waals surface area contributed by atoms with E-state index in [2.05, 4.69) is 26.2 Å². The van der Waals surface area contributed by atoms with E-state index < -0.39 is 0 Å². The van der Waals surface area contributed by atoms with Crippen molar-refractivity contribution < 1.29 is 9.53 Å². The number of carbonyl (C=O) groups excluding carboxylic acids is 1. The molecule has 19 heavy (non-hydrogen) atoms. The summed E-state index contributed by atoms with van der Waals surface area (Å²) in [6.45, 7) is 0.598. The maximum atomic E-state index is 11.8. The quantitative estimate of drug-likeness (QED) is 0.910. The van der Waals surface area contributed by atoms with Crippen molar-refractivity contribution in [2.75, 3.05) is 13.7 Å². The van der Waals surface area contributed by atoms with Gasteiger partial charge in [-0.1, -0.05) is 12.1 Å². The van der Waals surface area contributed by atoms with Crippen molar-refractivity contribution in [3.05, 3.63) is 44.8 Å². The lowest BCUT2D eigenvalue weighted by molar-refractivity contribution is 0.0958. The predicted octanol–water partition coefficient (Wildman–Crippen LogP) is 2.89. The second-order valence-corrected chi connectivity index (χ2v) is 6.14. The number of hydrogen-bond acceptors (Lipinski definition) is 4. The monoisotopic (exact) mass is 340 g/mol. The second kappa shape index (κ2) is 6.68. The molecule has 0 bridgehead atoms. The van der Waals surface area contributed by atoms with Crippen molar-refractivity contribution in [3.63, 3.8) is 0 Å². The molecule has 0 fully saturated rings. The number of methoxy groups -OCH3 is 1. The van der Waals surface area contributed by atoms with Gasteiger partial charge >= 0.3 is 0 Å². The van der Waals surface area contributed by atoms with Gasteiger partial charge in [0.25, 0.3) is 5.91 Å². The maximum Gasteiger partial charge on any atom is 0.263 e. The van der Waals surface area contributed by atoms with Crippen LogP contribution in [0.25, 0.3) is 0 Å². The average Bonchev–Trinajstić information content (AvgIpc) is 2.86. The molecule has 100 valence electrons. The maximum absolute atomic E-state index is 11.8. The average molecular weight is 341 g/mol. The van der Waals surface area contributed by atoms with Crippen LogP contribution in [-0.2, 0) is 6.42 Å². The second-order valence-electron chi connectivity index (χ2n) is 3.83. The Morgan fingerprint density at radius 2 is 2.16 bits per heavy atom. The van der Waals surface area contributed by atoms with Gasteiger partial charge in [0.15, 0.2) is 3.92 Å². The minimum absolute atomic E-state index is 0.0864. The molecule has 0 aliphatic carbocycles. The highest BCUT2D eigenvalue weighted by atomic mass is 79.9.